The van der Waals surface area contributed by atoms with E-state index in [1.165, 1.54) is 27.1 Å². The zero-order chi connectivity index (χ0) is 17.9. The van der Waals surface area contributed by atoms with E-state index >= 15 is 0 Å². The predicted octanol–water partition coefficient (Wildman–Crippen LogP) is 5.89. The number of fused-ring (bicyclic) bond motifs is 1. The van der Waals surface area contributed by atoms with Gasteiger partial charge in [0.15, 0.2) is 0 Å². The van der Waals surface area contributed by atoms with Crippen LogP contribution in [0.25, 0.3) is 10.1 Å². The molecule has 7 heteroatoms. The Balaban J connectivity index is 1.47. The molecular weight excluding hydrogens is 415 g/mol. The van der Waals surface area contributed by atoms with Gasteiger partial charge < -0.3 is 10.1 Å². The van der Waals surface area contributed by atoms with E-state index in [0.717, 1.165) is 23.0 Å². The van der Waals surface area contributed by atoms with Crippen LogP contribution in [0.15, 0.2) is 53.0 Å². The van der Waals surface area contributed by atoms with Gasteiger partial charge in [0.1, 0.15) is 5.75 Å². The van der Waals surface area contributed by atoms with Crippen LogP contribution in [0, 0.1) is 0 Å². The molecule has 0 atom stereocenters. The number of alkyl halides is 3. The highest BCUT2D eigenvalue weighted by Gasteiger charge is 2.30. The Kier molecular flexibility index (Phi) is 5.66. The number of rotatable bonds is 6. The lowest BCUT2D eigenvalue weighted by atomic mass is 10.2. The van der Waals surface area contributed by atoms with Gasteiger partial charge in [0.05, 0.1) is 0 Å². The third-order valence-corrected chi connectivity index (χ3v) is 5.23. The Morgan fingerprint density at radius 1 is 1.04 bits per heavy atom. The van der Waals surface area contributed by atoms with Crippen LogP contribution in [-0.2, 0) is 13.0 Å². The van der Waals surface area contributed by atoms with Gasteiger partial charge in [0.2, 0.25) is 0 Å². The first-order valence-corrected chi connectivity index (χ1v) is 9.23. The average molecular weight is 430 g/mol. The summed E-state index contributed by atoms with van der Waals surface area (Å²) in [6.07, 6.45) is -3.74. The maximum Gasteiger partial charge on any atom is 0.573 e. The van der Waals surface area contributed by atoms with Crippen LogP contribution in [0.1, 0.15) is 10.4 Å². The molecule has 0 spiro atoms. The number of benzene rings is 2. The van der Waals surface area contributed by atoms with Crippen molar-refractivity contribution in [1.82, 2.24) is 5.32 Å². The molecule has 0 aliphatic heterocycles. The van der Waals surface area contributed by atoms with Crippen LogP contribution >= 0.6 is 27.3 Å². The lowest BCUT2D eigenvalue weighted by molar-refractivity contribution is -0.274. The molecule has 0 bridgehead atoms. The van der Waals surface area contributed by atoms with Crippen LogP contribution in [0.4, 0.5) is 13.2 Å². The van der Waals surface area contributed by atoms with Crippen molar-refractivity contribution in [3.05, 3.63) is 63.4 Å². The van der Waals surface area contributed by atoms with Gasteiger partial charge in [-0.25, -0.2) is 0 Å². The fourth-order valence-corrected chi connectivity index (χ4v) is 3.87. The highest BCUT2D eigenvalue weighted by Crippen LogP contribution is 2.28. The minimum atomic E-state index is -4.65. The van der Waals surface area contributed by atoms with Gasteiger partial charge in [-0.3, -0.25) is 0 Å². The van der Waals surface area contributed by atoms with Crippen LogP contribution in [0.2, 0.25) is 0 Å². The number of thiophene rings is 1. The minimum absolute atomic E-state index is 0.201. The van der Waals surface area contributed by atoms with Crippen molar-refractivity contribution in [3.8, 4) is 5.75 Å². The molecule has 0 radical (unpaired) electrons. The van der Waals surface area contributed by atoms with Gasteiger partial charge in [-0.2, -0.15) is 0 Å². The standard InChI is InChI=1S/C18H15BrF3NOS/c19-14-3-6-17-13(9-14)10-16(25-17)7-8-23-11-12-1-4-15(5-2-12)24-18(20,21)22/h1-6,9-10,23H,7-8,11H2. The maximum atomic E-state index is 12.1. The number of halogens is 4. The molecule has 132 valence electrons. The Labute approximate surface area is 155 Å². The molecule has 0 saturated carbocycles. The first-order chi connectivity index (χ1) is 11.9. The fraction of sp³-hybridized carbons (Fsp3) is 0.222. The van der Waals surface area contributed by atoms with Gasteiger partial charge in [-0.15, -0.1) is 24.5 Å². The molecule has 0 fully saturated rings. The van der Waals surface area contributed by atoms with Crippen molar-refractivity contribution in [2.24, 2.45) is 0 Å². The monoisotopic (exact) mass is 429 g/mol. The third kappa shape index (κ3) is 5.45. The molecule has 3 rings (SSSR count). The van der Waals surface area contributed by atoms with E-state index in [-0.39, 0.29) is 5.75 Å². The van der Waals surface area contributed by atoms with E-state index in [0.29, 0.717) is 6.54 Å². The second kappa shape index (κ2) is 7.76. The molecule has 2 aromatic carbocycles. The topological polar surface area (TPSA) is 21.3 Å². The first kappa shape index (κ1) is 18.2. The SMILES string of the molecule is FC(F)(F)Oc1ccc(CNCCc2cc3cc(Br)ccc3s2)cc1. The molecule has 0 amide bonds. The summed E-state index contributed by atoms with van der Waals surface area (Å²) >= 11 is 5.25. The van der Waals surface area contributed by atoms with Gasteiger partial charge in [-0.1, -0.05) is 28.1 Å². The zero-order valence-electron chi connectivity index (χ0n) is 13.1. The van der Waals surface area contributed by atoms with Crippen molar-refractivity contribution >= 4 is 37.4 Å². The average Bonchev–Trinajstić information content (AvgIpc) is 2.93. The molecule has 25 heavy (non-hydrogen) atoms. The molecule has 1 aromatic heterocycles. The Bertz CT molecular complexity index is 846. The van der Waals surface area contributed by atoms with E-state index in [4.69, 9.17) is 0 Å². The third-order valence-electron chi connectivity index (χ3n) is 3.56. The summed E-state index contributed by atoms with van der Waals surface area (Å²) in [5.41, 5.74) is 0.912. The normalized spacial score (nSPS) is 11.8. The van der Waals surface area contributed by atoms with E-state index in [1.807, 2.05) is 6.07 Å². The molecule has 1 N–H and O–H groups in total. The molecule has 0 saturated heterocycles. The van der Waals surface area contributed by atoms with Crippen LogP contribution in [0.3, 0.4) is 0 Å². The highest BCUT2D eigenvalue weighted by atomic mass is 79.9. The Hall–Kier alpha value is -1.57. The summed E-state index contributed by atoms with van der Waals surface area (Å²) in [6, 6.07) is 14.3. The molecule has 0 aliphatic rings. The first-order valence-electron chi connectivity index (χ1n) is 7.62. The smallest absolute Gasteiger partial charge is 0.406 e. The van der Waals surface area contributed by atoms with Gasteiger partial charge >= 0.3 is 6.36 Å². The summed E-state index contributed by atoms with van der Waals surface area (Å²) in [5, 5.41) is 4.54. The maximum absolute atomic E-state index is 12.1. The largest absolute Gasteiger partial charge is 0.573 e. The number of hydrogen-bond acceptors (Lipinski definition) is 3. The second-order valence-electron chi connectivity index (χ2n) is 5.51. The van der Waals surface area contributed by atoms with Crippen molar-refractivity contribution in [1.29, 1.82) is 0 Å². The van der Waals surface area contributed by atoms with Crippen molar-refractivity contribution in [2.45, 2.75) is 19.3 Å². The zero-order valence-corrected chi connectivity index (χ0v) is 15.5. The van der Waals surface area contributed by atoms with E-state index < -0.39 is 6.36 Å². The summed E-state index contributed by atoms with van der Waals surface area (Å²) in [5.74, 6) is -0.201. The molecule has 1 heterocycles. The quantitative estimate of drug-likeness (QED) is 0.492. The van der Waals surface area contributed by atoms with Crippen LogP contribution < -0.4 is 10.1 Å². The molecule has 2 nitrogen and oxygen atoms in total. The van der Waals surface area contributed by atoms with Gasteiger partial charge in [0, 0.05) is 27.1 Å². The lowest BCUT2D eigenvalue weighted by Gasteiger charge is -2.09. The lowest BCUT2D eigenvalue weighted by Crippen LogP contribution is -2.18. The molecular formula is C18H15BrF3NOS. The molecule has 3 aromatic rings. The summed E-state index contributed by atoms with van der Waals surface area (Å²) in [7, 11) is 0. The number of ether oxygens (including phenoxy) is 1. The van der Waals surface area contributed by atoms with E-state index in [1.54, 1.807) is 23.5 Å². The number of hydrogen-bond donors (Lipinski definition) is 1. The second-order valence-corrected chi connectivity index (χ2v) is 7.60. The van der Waals surface area contributed by atoms with Crippen LogP contribution in [-0.4, -0.2) is 12.9 Å². The molecule has 0 aliphatic carbocycles. The van der Waals surface area contributed by atoms with Gasteiger partial charge in [0.25, 0.3) is 0 Å². The Morgan fingerprint density at radius 3 is 2.52 bits per heavy atom. The van der Waals surface area contributed by atoms with Gasteiger partial charge in [-0.05, 0) is 53.8 Å². The van der Waals surface area contributed by atoms with Crippen molar-refractivity contribution in [3.63, 3.8) is 0 Å². The van der Waals surface area contributed by atoms with Crippen molar-refractivity contribution < 1.29 is 17.9 Å². The minimum Gasteiger partial charge on any atom is -0.406 e. The van der Waals surface area contributed by atoms with E-state index in [9.17, 15) is 13.2 Å². The fourth-order valence-electron chi connectivity index (χ4n) is 2.45. The van der Waals surface area contributed by atoms with Crippen LogP contribution in [0.5, 0.6) is 5.75 Å². The molecule has 0 unspecified atom stereocenters. The Morgan fingerprint density at radius 2 is 1.80 bits per heavy atom. The van der Waals surface area contributed by atoms with E-state index in [2.05, 4.69) is 44.2 Å². The summed E-state index contributed by atoms with van der Waals surface area (Å²) in [4.78, 5) is 1.30. The predicted molar refractivity (Wildman–Crippen MR) is 98.1 cm³/mol. The van der Waals surface area contributed by atoms with Crippen molar-refractivity contribution in [2.75, 3.05) is 6.54 Å². The highest BCUT2D eigenvalue weighted by molar-refractivity contribution is 9.10. The summed E-state index contributed by atoms with van der Waals surface area (Å²) in [6.45, 7) is 1.40. The summed E-state index contributed by atoms with van der Waals surface area (Å²) < 4.78 is 42.5. The number of nitrogens with one attached hydrogen (secondary N) is 1.